The average molecular weight is 1980 g/mol. The van der Waals surface area contributed by atoms with Crippen LogP contribution in [0.1, 0.15) is 261 Å². The van der Waals surface area contributed by atoms with Gasteiger partial charge in [-0.2, -0.15) is 0 Å². The molecule has 1 aliphatic heterocycles. The Balaban J connectivity index is 0.000000294. The summed E-state index contributed by atoms with van der Waals surface area (Å²) in [6.45, 7) is 9.21. The van der Waals surface area contributed by atoms with Gasteiger partial charge in [-0.25, -0.2) is 34.1 Å². The van der Waals surface area contributed by atoms with Crippen molar-refractivity contribution in [2.24, 2.45) is 69.9 Å². The monoisotopic (exact) mass is 1980 g/mol. The largest absolute Gasteiger partial charge is 0.481 e. The Morgan fingerprint density at radius 3 is 0.907 bits per heavy atom. The van der Waals surface area contributed by atoms with Gasteiger partial charge in [0.05, 0.1) is 95.1 Å². The van der Waals surface area contributed by atoms with E-state index < -0.39 is 78.1 Å². The number of oxazole rings is 2. The lowest BCUT2D eigenvalue weighted by molar-refractivity contribution is -0.153. The Morgan fingerprint density at radius 2 is 0.650 bits per heavy atom. The van der Waals surface area contributed by atoms with Crippen molar-refractivity contribution in [2.45, 2.75) is 271 Å². The van der Waals surface area contributed by atoms with Crippen LogP contribution < -0.4 is 11.1 Å². The molecule has 6 saturated carbocycles. The highest BCUT2D eigenvalue weighted by atomic mass is 35.5. The molecule has 140 heavy (non-hydrogen) atoms. The lowest BCUT2D eigenvalue weighted by atomic mass is 9.81. The molecule has 9 N–H and O–H groups in total. The van der Waals surface area contributed by atoms with Crippen LogP contribution in [0.3, 0.4) is 0 Å². The molecule has 6 atom stereocenters. The van der Waals surface area contributed by atoms with E-state index >= 15 is 0 Å². The van der Waals surface area contributed by atoms with Crippen LogP contribution in [0.4, 0.5) is 0 Å². The molecule has 1 amide bonds. The molecule has 0 saturated heterocycles. The molecule has 37 nitrogen and oxygen atoms in total. The summed E-state index contributed by atoms with van der Waals surface area (Å²) in [5, 5.41) is 56.0. The minimum absolute atomic E-state index is 0. The molecule has 4 aromatic carbocycles. The number of hydrogen-bond acceptors (Lipinski definition) is 32. The fourth-order valence-corrected chi connectivity index (χ4v) is 16.8. The maximum absolute atomic E-state index is 12.4. The minimum Gasteiger partial charge on any atom is -0.481 e. The molecular formula is C102H138ClN5O32. The molecule has 6 fully saturated rings. The van der Waals surface area contributed by atoms with Crippen LogP contribution in [0.15, 0.2) is 135 Å². The van der Waals surface area contributed by atoms with Crippen LogP contribution in [0, 0.1) is 73.0 Å². The van der Waals surface area contributed by atoms with E-state index in [4.69, 9.17) is 73.3 Å². The number of methoxy groups -OCH3 is 5. The van der Waals surface area contributed by atoms with Gasteiger partial charge in [0.2, 0.25) is 5.91 Å². The predicted molar refractivity (Wildman–Crippen MR) is 507 cm³/mol. The summed E-state index contributed by atoms with van der Waals surface area (Å²) in [6.07, 6.45) is 13.2. The second kappa shape index (κ2) is 61.2. The van der Waals surface area contributed by atoms with Gasteiger partial charge in [-0.15, -0.1) is 12.4 Å². The number of rotatable bonds is 28. The third-order valence-corrected chi connectivity index (χ3v) is 25.5. The van der Waals surface area contributed by atoms with E-state index in [9.17, 15) is 72.2 Å². The highest BCUT2D eigenvalue weighted by molar-refractivity contribution is 5.90. The SMILES string of the molecule is C.COC(=O)C1N=C(C2CCC(C(=O)OCc3ccccc3)CC2)OC1C.COC(=O)[C@@H](N)[C@@H](C)O.COC(=O)[C@@H](NC(=O)C1CCC(C(=O)OCc2ccccc2)CC1)[C@@H](C)O.COC(=O)c1nc(C2CCC(C(=O)O)CC2)oc1C.COC(=O)c1nc(C2CCC(C(=O)OCc3ccccc3)CC2)oc1C.Cl.O=C(O)C1CCC(C(=O)O)CC1.O=C(O)C1CCC(C(=O)OCc2ccccc2)CC1. The molecule has 6 aromatic rings. The zero-order valence-electron chi connectivity index (χ0n) is 80.4. The van der Waals surface area contributed by atoms with Gasteiger partial charge in [0.1, 0.15) is 50.1 Å². The van der Waals surface area contributed by atoms with E-state index in [0.29, 0.717) is 139 Å². The van der Waals surface area contributed by atoms with Crippen molar-refractivity contribution in [3.63, 3.8) is 0 Å². The Hall–Kier alpha value is -12.5. The quantitative estimate of drug-likeness (QED) is 0.0167. The number of nitrogens with one attached hydrogen (secondary N) is 1. The summed E-state index contributed by atoms with van der Waals surface area (Å²) in [7, 11) is 6.41. The first-order valence-electron chi connectivity index (χ1n) is 46.7. The fraction of sp³-hybridized carbons (Fsp3) is 0.559. The number of aliphatic hydroxyl groups is 2. The molecule has 38 heteroatoms. The van der Waals surface area contributed by atoms with E-state index in [1.165, 1.54) is 49.4 Å². The number of benzene rings is 4. The molecule has 13 rings (SSSR count). The Labute approximate surface area is 821 Å². The normalized spacial score (nSPS) is 22.9. The second-order valence-electron chi connectivity index (χ2n) is 35.2. The first kappa shape index (κ1) is 118. The average Bonchev–Trinajstić information content (AvgIpc) is 1.62. The number of ether oxygens (including phenoxy) is 10. The highest BCUT2D eigenvalue weighted by Gasteiger charge is 2.42. The number of aliphatic imine (C=N–C) groups is 1. The summed E-state index contributed by atoms with van der Waals surface area (Å²) in [5.74, 6) is -5.80. The molecule has 0 bridgehead atoms. The molecule has 0 spiro atoms. The molecule has 0 radical (unpaired) electrons. The number of amides is 1. The number of aliphatic carboxylic acids is 4. The summed E-state index contributed by atoms with van der Waals surface area (Å²) >= 11 is 0. The zero-order valence-corrected chi connectivity index (χ0v) is 81.2. The Kier molecular flexibility index (Phi) is 51.6. The lowest BCUT2D eigenvalue weighted by Gasteiger charge is -2.28. The lowest BCUT2D eigenvalue weighted by Crippen LogP contribution is -2.50. The number of nitrogens with two attached hydrogens (primary N) is 1. The molecule has 2 aromatic heterocycles. The number of hydrogen-bond donors (Lipinski definition) is 8. The fourth-order valence-electron chi connectivity index (χ4n) is 16.8. The van der Waals surface area contributed by atoms with Crippen molar-refractivity contribution in [2.75, 3.05) is 35.5 Å². The molecular weight excluding hydrogens is 1840 g/mol. The standard InChI is InChI=1S/C20H27NO6.C20H25NO5.C20H23NO5.C15H18O4.C13H17NO5.C8H12O4.C5H11NO3.CH4.ClH/c1-13(22)17(20(25)26-2)21-18(23)15-8-10-16(11-9-15)19(24)27-12-14-6-4-3-5-7-14;2*1-13-17(20(23)24-2)21-18(26-13)15-8-10-16(11-9-15)19(22)25-12-14-6-4-3-5-7-14;16-14(17)12-6-8-13(9-7-12)15(18)19-10-11-4-2-1-3-5-11;1-7-10(13(17)18-2)14-11(19-7)8-3-5-9(6-4-8)12(15)16;9-7(10)5-1-2-6(4-3-5)8(11)12;1-3(7)4(6)5(8)9-2;;/h3-7,13,15-17,22H,8-12H2,1-2H3,(H,21,23);3-7,13,15-17H,8-12H2,1-2H3;3-7,15-16H,8-12H2,1-2H3;1-5,12-13H,6-10H2,(H,16,17);8-9H,3-6H2,1-2H3,(H,15,16);5-6H,1-4H2,(H,9,10)(H,11,12);3-4,7H,6H2,1-2H3;1H4;1H/t13-,15?,16?,17+;;;;;;3-,4+;;/m1.....1../s1. The van der Waals surface area contributed by atoms with Crippen molar-refractivity contribution in [1.29, 1.82) is 0 Å². The van der Waals surface area contributed by atoms with Crippen LogP contribution >= 0.6 is 12.4 Å². The summed E-state index contributed by atoms with van der Waals surface area (Å²) < 4.78 is 61.4. The molecule has 2 unspecified atom stereocenters. The van der Waals surface area contributed by atoms with Gasteiger partial charge in [-0.05, 0) is 211 Å². The molecule has 3 heterocycles. The zero-order chi connectivity index (χ0) is 101. The minimum atomic E-state index is -1.09. The van der Waals surface area contributed by atoms with Crippen molar-refractivity contribution in [1.82, 2.24) is 15.3 Å². The topological polar surface area (TPSA) is 555 Å². The van der Waals surface area contributed by atoms with Crippen LogP contribution in [0.5, 0.6) is 0 Å². The van der Waals surface area contributed by atoms with Gasteiger partial charge in [0, 0.05) is 23.7 Å². The molecule has 770 valence electrons. The van der Waals surface area contributed by atoms with E-state index in [-0.39, 0.29) is 151 Å². The second-order valence-corrected chi connectivity index (χ2v) is 35.2. The number of aromatic nitrogens is 2. The van der Waals surface area contributed by atoms with Crippen molar-refractivity contribution in [3.8, 4) is 0 Å². The number of carboxylic acids is 4. The summed E-state index contributed by atoms with van der Waals surface area (Å²) in [5.41, 5.74) is 9.46. The van der Waals surface area contributed by atoms with E-state index in [2.05, 4.69) is 34.5 Å². The maximum Gasteiger partial charge on any atom is 0.360 e. The van der Waals surface area contributed by atoms with E-state index in [0.717, 1.165) is 86.5 Å². The number of esters is 9. The van der Waals surface area contributed by atoms with Crippen LogP contribution in [0.25, 0.3) is 0 Å². The predicted octanol–water partition coefficient (Wildman–Crippen LogP) is 13.9. The van der Waals surface area contributed by atoms with E-state index in [1.807, 2.05) is 128 Å². The maximum atomic E-state index is 12.4. The first-order chi connectivity index (χ1) is 66.0. The van der Waals surface area contributed by atoms with Crippen LogP contribution in [0.2, 0.25) is 0 Å². The third-order valence-electron chi connectivity index (χ3n) is 25.5. The van der Waals surface area contributed by atoms with Crippen LogP contribution in [-0.2, 0) is 131 Å². The van der Waals surface area contributed by atoms with Gasteiger partial charge >= 0.3 is 77.6 Å². The number of carbonyl (C=O) groups is 14. The number of halogens is 1. The van der Waals surface area contributed by atoms with Crippen molar-refractivity contribution < 1.29 is 154 Å². The Bertz CT molecular complexity index is 4880. The smallest absolute Gasteiger partial charge is 0.360 e. The Morgan fingerprint density at radius 1 is 0.379 bits per heavy atom. The number of aryl methyl sites for hydroxylation is 2. The van der Waals surface area contributed by atoms with Gasteiger partial charge in [0.15, 0.2) is 41.2 Å². The van der Waals surface area contributed by atoms with Crippen molar-refractivity contribution >= 4 is 102 Å². The number of aliphatic hydroxyl groups excluding tert-OH is 2. The highest BCUT2D eigenvalue weighted by Crippen LogP contribution is 2.40. The third kappa shape index (κ3) is 38.3. The number of nitrogens with zero attached hydrogens (tertiary/aromatic N) is 3. The summed E-state index contributed by atoms with van der Waals surface area (Å²) in [4.78, 5) is 174. The van der Waals surface area contributed by atoms with Gasteiger partial charge in [-0.3, -0.25) is 47.9 Å². The van der Waals surface area contributed by atoms with Gasteiger partial charge in [-0.1, -0.05) is 129 Å². The number of carbonyl (C=O) groups excluding carboxylic acids is 10. The van der Waals surface area contributed by atoms with Crippen molar-refractivity contribution in [3.05, 3.63) is 178 Å². The van der Waals surface area contributed by atoms with Crippen LogP contribution in [-0.4, -0.2) is 202 Å². The van der Waals surface area contributed by atoms with Gasteiger partial charge in [0.25, 0.3) is 0 Å². The molecule has 7 aliphatic rings. The van der Waals surface area contributed by atoms with Gasteiger partial charge < -0.3 is 97.9 Å². The molecule has 6 aliphatic carbocycles. The number of carboxylic acid groups (broad SMARTS) is 4. The van der Waals surface area contributed by atoms with E-state index in [1.54, 1.807) is 13.8 Å². The summed E-state index contributed by atoms with van der Waals surface area (Å²) in [6, 6.07) is 35.8. The first-order valence-corrected chi connectivity index (χ1v) is 46.7.